The predicted molar refractivity (Wildman–Crippen MR) is 79.2 cm³/mol. The minimum absolute atomic E-state index is 0.453. The van der Waals surface area contributed by atoms with E-state index < -0.39 is 0 Å². The van der Waals surface area contributed by atoms with Crippen LogP contribution in [0, 0.1) is 5.92 Å². The average Bonchev–Trinajstić information content (AvgIpc) is 2.46. The van der Waals surface area contributed by atoms with Crippen LogP contribution >= 0.6 is 0 Å². The summed E-state index contributed by atoms with van der Waals surface area (Å²) in [4.78, 5) is 4.28. The summed E-state index contributed by atoms with van der Waals surface area (Å²) in [5, 5.41) is 3.24. The zero-order chi connectivity index (χ0) is 13.5. The van der Waals surface area contributed by atoms with Gasteiger partial charge in [0.15, 0.2) is 0 Å². The number of anilines is 1. The molecule has 0 saturated heterocycles. The normalized spacial score (nSPS) is 23.3. The van der Waals surface area contributed by atoms with Gasteiger partial charge < -0.3 is 10.1 Å². The van der Waals surface area contributed by atoms with Gasteiger partial charge in [0, 0.05) is 12.7 Å². The van der Waals surface area contributed by atoms with Crippen LogP contribution in [0.25, 0.3) is 0 Å². The van der Waals surface area contributed by atoms with E-state index in [1.807, 2.05) is 12.3 Å². The Morgan fingerprint density at radius 3 is 3.05 bits per heavy atom. The number of pyridine rings is 1. The summed E-state index contributed by atoms with van der Waals surface area (Å²) in [6.07, 6.45) is 8.77. The number of hydrogen-bond acceptors (Lipinski definition) is 3. The largest absolute Gasteiger partial charge is 0.374 e. The third kappa shape index (κ3) is 4.50. The molecule has 0 aliphatic heterocycles. The Balaban J connectivity index is 1.82. The van der Waals surface area contributed by atoms with Gasteiger partial charge >= 0.3 is 0 Å². The quantitative estimate of drug-likeness (QED) is 0.841. The van der Waals surface area contributed by atoms with Crippen molar-refractivity contribution in [1.82, 2.24) is 4.98 Å². The molecule has 0 aromatic carbocycles. The molecule has 0 radical (unpaired) electrons. The van der Waals surface area contributed by atoms with Crippen LogP contribution < -0.4 is 5.32 Å². The molecular weight excluding hydrogens is 236 g/mol. The lowest BCUT2D eigenvalue weighted by Gasteiger charge is -2.28. The van der Waals surface area contributed by atoms with Gasteiger partial charge in [0.2, 0.25) is 0 Å². The molecule has 2 unspecified atom stereocenters. The van der Waals surface area contributed by atoms with Gasteiger partial charge in [0.1, 0.15) is 5.82 Å². The Morgan fingerprint density at radius 2 is 2.26 bits per heavy atom. The third-order valence-corrected chi connectivity index (χ3v) is 3.98. The summed E-state index contributed by atoms with van der Waals surface area (Å²) in [6, 6.07) is 4.13. The second-order valence-corrected chi connectivity index (χ2v) is 5.45. The van der Waals surface area contributed by atoms with Crippen molar-refractivity contribution < 1.29 is 4.74 Å². The SMILES string of the molecule is CCNc1cc(COC2CCCC(CC)C2)ccn1. The van der Waals surface area contributed by atoms with E-state index in [0.29, 0.717) is 12.7 Å². The van der Waals surface area contributed by atoms with Gasteiger partial charge in [0.25, 0.3) is 0 Å². The maximum absolute atomic E-state index is 6.08. The van der Waals surface area contributed by atoms with Gasteiger partial charge in [-0.3, -0.25) is 0 Å². The van der Waals surface area contributed by atoms with Crippen LogP contribution in [-0.4, -0.2) is 17.6 Å². The molecule has 3 heteroatoms. The van der Waals surface area contributed by atoms with E-state index in [1.165, 1.54) is 37.7 Å². The second-order valence-electron chi connectivity index (χ2n) is 5.45. The molecule has 3 nitrogen and oxygen atoms in total. The molecule has 1 heterocycles. The standard InChI is InChI=1S/C16H26N2O/c1-3-13-6-5-7-15(10-13)19-12-14-8-9-18-16(11-14)17-4-2/h8-9,11,13,15H,3-7,10,12H2,1-2H3,(H,17,18). The minimum atomic E-state index is 0.453. The third-order valence-electron chi connectivity index (χ3n) is 3.98. The van der Waals surface area contributed by atoms with Crippen LogP contribution in [0.5, 0.6) is 0 Å². The lowest BCUT2D eigenvalue weighted by Crippen LogP contribution is -2.22. The van der Waals surface area contributed by atoms with E-state index in [9.17, 15) is 0 Å². The zero-order valence-corrected chi connectivity index (χ0v) is 12.2. The topological polar surface area (TPSA) is 34.1 Å². The van der Waals surface area contributed by atoms with Crippen molar-refractivity contribution in [3.05, 3.63) is 23.9 Å². The van der Waals surface area contributed by atoms with Crippen LogP contribution in [0.15, 0.2) is 18.3 Å². The van der Waals surface area contributed by atoms with Crippen molar-refractivity contribution in [3.63, 3.8) is 0 Å². The number of ether oxygens (including phenoxy) is 1. The fourth-order valence-electron chi connectivity index (χ4n) is 2.82. The number of nitrogens with zero attached hydrogens (tertiary/aromatic N) is 1. The molecule has 19 heavy (non-hydrogen) atoms. The first kappa shape index (κ1) is 14.3. The Kier molecular flexibility index (Phi) is 5.64. The van der Waals surface area contributed by atoms with E-state index in [1.54, 1.807) is 0 Å². The maximum Gasteiger partial charge on any atom is 0.126 e. The van der Waals surface area contributed by atoms with Crippen LogP contribution in [0.3, 0.4) is 0 Å². The summed E-state index contributed by atoms with van der Waals surface area (Å²) in [7, 11) is 0. The first-order chi connectivity index (χ1) is 9.31. The molecule has 1 aromatic heterocycles. The lowest BCUT2D eigenvalue weighted by atomic mass is 9.85. The van der Waals surface area contributed by atoms with E-state index in [0.717, 1.165) is 18.3 Å². The highest BCUT2D eigenvalue weighted by molar-refractivity contribution is 5.36. The Hall–Kier alpha value is -1.09. The van der Waals surface area contributed by atoms with Crippen LogP contribution in [0.4, 0.5) is 5.82 Å². The van der Waals surface area contributed by atoms with Gasteiger partial charge in [0.05, 0.1) is 12.7 Å². The Labute approximate surface area is 116 Å². The van der Waals surface area contributed by atoms with Crippen LogP contribution in [0.1, 0.15) is 51.5 Å². The minimum Gasteiger partial charge on any atom is -0.374 e. The molecule has 1 aromatic rings. The number of rotatable bonds is 6. The fourth-order valence-corrected chi connectivity index (χ4v) is 2.82. The molecule has 1 aliphatic rings. The predicted octanol–water partition coefficient (Wildman–Crippen LogP) is 4.00. The van der Waals surface area contributed by atoms with Gasteiger partial charge in [-0.1, -0.05) is 26.2 Å². The van der Waals surface area contributed by atoms with Crippen molar-refractivity contribution in [1.29, 1.82) is 0 Å². The highest BCUT2D eigenvalue weighted by Gasteiger charge is 2.21. The fraction of sp³-hybridized carbons (Fsp3) is 0.688. The highest BCUT2D eigenvalue weighted by atomic mass is 16.5. The molecule has 2 rings (SSSR count). The maximum atomic E-state index is 6.08. The smallest absolute Gasteiger partial charge is 0.126 e. The van der Waals surface area contributed by atoms with Crippen molar-refractivity contribution in [3.8, 4) is 0 Å². The molecule has 0 amide bonds. The molecule has 1 saturated carbocycles. The summed E-state index contributed by atoms with van der Waals surface area (Å²) >= 11 is 0. The van der Waals surface area contributed by atoms with Crippen LogP contribution in [-0.2, 0) is 11.3 Å². The van der Waals surface area contributed by atoms with Crippen molar-refractivity contribution in [2.45, 2.75) is 58.7 Å². The number of aromatic nitrogens is 1. The zero-order valence-electron chi connectivity index (χ0n) is 12.2. The van der Waals surface area contributed by atoms with E-state index in [2.05, 4.69) is 30.2 Å². The van der Waals surface area contributed by atoms with Crippen molar-refractivity contribution >= 4 is 5.82 Å². The van der Waals surface area contributed by atoms with Crippen molar-refractivity contribution in [2.75, 3.05) is 11.9 Å². The van der Waals surface area contributed by atoms with Crippen LogP contribution in [0.2, 0.25) is 0 Å². The van der Waals surface area contributed by atoms with Gasteiger partial charge in [-0.25, -0.2) is 4.98 Å². The lowest BCUT2D eigenvalue weighted by molar-refractivity contribution is 0.00176. The van der Waals surface area contributed by atoms with E-state index in [4.69, 9.17) is 4.74 Å². The molecule has 0 bridgehead atoms. The highest BCUT2D eigenvalue weighted by Crippen LogP contribution is 2.28. The molecule has 1 N–H and O–H groups in total. The monoisotopic (exact) mass is 262 g/mol. The molecular formula is C16H26N2O. The molecule has 1 aliphatic carbocycles. The first-order valence-electron chi connectivity index (χ1n) is 7.62. The molecule has 106 valence electrons. The van der Waals surface area contributed by atoms with Gasteiger partial charge in [-0.15, -0.1) is 0 Å². The Bertz CT molecular complexity index is 381. The van der Waals surface area contributed by atoms with Gasteiger partial charge in [-0.05, 0) is 43.4 Å². The summed E-state index contributed by atoms with van der Waals surface area (Å²) in [6.45, 7) is 5.98. The average molecular weight is 262 g/mol. The van der Waals surface area contributed by atoms with Gasteiger partial charge in [-0.2, -0.15) is 0 Å². The first-order valence-corrected chi connectivity index (χ1v) is 7.62. The molecule has 2 atom stereocenters. The van der Waals surface area contributed by atoms with E-state index >= 15 is 0 Å². The Morgan fingerprint density at radius 1 is 1.37 bits per heavy atom. The molecule has 0 spiro atoms. The van der Waals surface area contributed by atoms with E-state index in [-0.39, 0.29) is 0 Å². The molecule has 1 fully saturated rings. The second kappa shape index (κ2) is 7.49. The summed E-state index contributed by atoms with van der Waals surface area (Å²) in [5.41, 5.74) is 1.21. The number of hydrogen-bond donors (Lipinski definition) is 1. The number of nitrogens with one attached hydrogen (secondary N) is 1. The summed E-state index contributed by atoms with van der Waals surface area (Å²) < 4.78 is 6.08. The summed E-state index contributed by atoms with van der Waals surface area (Å²) in [5.74, 6) is 1.81. The van der Waals surface area contributed by atoms with Crippen molar-refractivity contribution in [2.24, 2.45) is 5.92 Å².